The maximum atomic E-state index is 11.3. The quantitative estimate of drug-likeness (QED) is 0.767. The molecule has 1 aliphatic heterocycles. The molecular formula is C13H21NO3. The molecule has 0 fully saturated rings. The minimum atomic E-state index is -0.619. The van der Waals surface area contributed by atoms with Crippen molar-refractivity contribution in [1.29, 1.82) is 0 Å². The summed E-state index contributed by atoms with van der Waals surface area (Å²) in [6.45, 7) is 14.2. The van der Waals surface area contributed by atoms with E-state index in [1.165, 1.54) is 12.2 Å². The van der Waals surface area contributed by atoms with Gasteiger partial charge in [-0.2, -0.15) is 0 Å². The number of hydrogen-bond acceptors (Lipinski definition) is 3. The molecule has 17 heavy (non-hydrogen) atoms. The standard InChI is InChI=1S/C9H9NO3.2C2H6/c1-3-6-7(4-2)9(13)10(5-11)8(6)12;2*1-2/h3-4,11H,1-2,5H2;2*1-2H3. The van der Waals surface area contributed by atoms with Crippen molar-refractivity contribution in [3.05, 3.63) is 36.5 Å². The molecule has 1 N–H and O–H groups in total. The van der Waals surface area contributed by atoms with Gasteiger partial charge in [0.05, 0.1) is 11.1 Å². The van der Waals surface area contributed by atoms with Gasteiger partial charge < -0.3 is 5.11 Å². The molecule has 0 saturated heterocycles. The molecule has 1 aliphatic rings. The molecule has 0 bridgehead atoms. The van der Waals surface area contributed by atoms with Gasteiger partial charge in [-0.1, -0.05) is 53.0 Å². The van der Waals surface area contributed by atoms with Gasteiger partial charge in [0.25, 0.3) is 11.8 Å². The molecule has 0 saturated carbocycles. The van der Waals surface area contributed by atoms with Crippen LogP contribution in [0.2, 0.25) is 0 Å². The Labute approximate surface area is 103 Å². The molecule has 0 unspecified atom stereocenters. The summed E-state index contributed by atoms with van der Waals surface area (Å²) in [5.41, 5.74) is 0.378. The second-order valence-electron chi connectivity index (χ2n) is 2.42. The van der Waals surface area contributed by atoms with E-state index in [-0.39, 0.29) is 11.1 Å². The fourth-order valence-corrected chi connectivity index (χ4v) is 1.14. The third-order valence-electron chi connectivity index (χ3n) is 1.79. The Morgan fingerprint density at radius 3 is 1.47 bits per heavy atom. The summed E-state index contributed by atoms with van der Waals surface area (Å²) < 4.78 is 0. The van der Waals surface area contributed by atoms with Gasteiger partial charge in [-0.3, -0.25) is 14.5 Å². The van der Waals surface area contributed by atoms with Crippen LogP contribution in [0, 0.1) is 0 Å². The molecule has 0 spiro atoms. The lowest BCUT2D eigenvalue weighted by Gasteiger charge is -2.09. The number of imide groups is 1. The number of aliphatic hydroxyl groups is 1. The molecule has 1 rings (SSSR count). The molecule has 1 heterocycles. The molecule has 4 nitrogen and oxygen atoms in total. The SMILES string of the molecule is C=CC1=C(C=C)C(=O)N(CO)C1=O.CC.CC. The van der Waals surface area contributed by atoms with Crippen LogP contribution >= 0.6 is 0 Å². The van der Waals surface area contributed by atoms with E-state index in [0.717, 1.165) is 4.90 Å². The third-order valence-corrected chi connectivity index (χ3v) is 1.79. The molecule has 2 amide bonds. The minimum Gasteiger partial charge on any atom is -0.376 e. The van der Waals surface area contributed by atoms with Crippen LogP contribution in [0.1, 0.15) is 27.7 Å². The summed E-state index contributed by atoms with van der Waals surface area (Å²) in [4.78, 5) is 23.4. The fourth-order valence-electron chi connectivity index (χ4n) is 1.14. The predicted octanol–water partition coefficient (Wildman–Crippen LogP) is 2.03. The predicted molar refractivity (Wildman–Crippen MR) is 69.1 cm³/mol. The molecule has 0 aromatic heterocycles. The zero-order valence-electron chi connectivity index (χ0n) is 11.0. The summed E-state index contributed by atoms with van der Waals surface area (Å²) in [6.07, 6.45) is 2.57. The molecule has 4 heteroatoms. The maximum Gasteiger partial charge on any atom is 0.263 e. The van der Waals surface area contributed by atoms with Crippen molar-refractivity contribution in [2.75, 3.05) is 6.73 Å². The van der Waals surface area contributed by atoms with Gasteiger partial charge in [-0.25, -0.2) is 0 Å². The largest absolute Gasteiger partial charge is 0.376 e. The van der Waals surface area contributed by atoms with Crippen LogP contribution in [-0.4, -0.2) is 28.6 Å². The molecule has 0 radical (unpaired) electrons. The van der Waals surface area contributed by atoms with Crippen LogP contribution in [0.5, 0.6) is 0 Å². The third kappa shape index (κ3) is 3.67. The van der Waals surface area contributed by atoms with Crippen LogP contribution in [0.25, 0.3) is 0 Å². The molecule has 0 aromatic carbocycles. The molecular weight excluding hydrogens is 218 g/mol. The smallest absolute Gasteiger partial charge is 0.263 e. The average Bonchev–Trinajstić information content (AvgIpc) is 2.64. The average molecular weight is 239 g/mol. The topological polar surface area (TPSA) is 57.6 Å². The summed E-state index contributed by atoms with van der Waals surface area (Å²) in [6, 6.07) is 0. The van der Waals surface area contributed by atoms with Crippen molar-refractivity contribution in [2.24, 2.45) is 0 Å². The van der Waals surface area contributed by atoms with Gasteiger partial charge in [0, 0.05) is 0 Å². The van der Waals surface area contributed by atoms with E-state index in [1.807, 2.05) is 27.7 Å². The Morgan fingerprint density at radius 2 is 1.29 bits per heavy atom. The number of amides is 2. The lowest BCUT2D eigenvalue weighted by molar-refractivity contribution is -0.141. The van der Waals surface area contributed by atoms with Crippen LogP contribution in [0.4, 0.5) is 0 Å². The van der Waals surface area contributed by atoms with Crippen molar-refractivity contribution in [1.82, 2.24) is 4.90 Å². The van der Waals surface area contributed by atoms with Gasteiger partial charge >= 0.3 is 0 Å². The first-order valence-electron chi connectivity index (χ1n) is 5.63. The minimum absolute atomic E-state index is 0.189. The van der Waals surface area contributed by atoms with Crippen LogP contribution in [0.15, 0.2) is 36.5 Å². The number of carbonyl (C=O) groups excluding carboxylic acids is 2. The van der Waals surface area contributed by atoms with Gasteiger partial charge in [-0.15, -0.1) is 0 Å². The number of hydrogen-bond donors (Lipinski definition) is 1. The fraction of sp³-hybridized carbons (Fsp3) is 0.385. The zero-order chi connectivity index (χ0) is 14.0. The van der Waals surface area contributed by atoms with E-state index >= 15 is 0 Å². The Hall–Kier alpha value is -1.68. The first-order chi connectivity index (χ1) is 8.17. The summed E-state index contributed by atoms with van der Waals surface area (Å²) in [7, 11) is 0. The van der Waals surface area contributed by atoms with E-state index in [0.29, 0.717) is 0 Å². The lowest BCUT2D eigenvalue weighted by atomic mass is 10.1. The first-order valence-corrected chi connectivity index (χ1v) is 5.63. The van der Waals surface area contributed by atoms with Crippen LogP contribution in [0.3, 0.4) is 0 Å². The van der Waals surface area contributed by atoms with E-state index in [4.69, 9.17) is 5.11 Å². The van der Waals surface area contributed by atoms with E-state index in [9.17, 15) is 9.59 Å². The summed E-state index contributed by atoms with van der Waals surface area (Å²) in [5.74, 6) is -1.06. The van der Waals surface area contributed by atoms with E-state index in [2.05, 4.69) is 13.2 Å². The number of nitrogens with zero attached hydrogens (tertiary/aromatic N) is 1. The maximum absolute atomic E-state index is 11.3. The molecule has 0 aliphatic carbocycles. The normalized spacial score (nSPS) is 13.6. The van der Waals surface area contributed by atoms with E-state index in [1.54, 1.807) is 0 Å². The van der Waals surface area contributed by atoms with Gasteiger partial charge in [0.15, 0.2) is 0 Å². The Kier molecular flexibility index (Phi) is 9.94. The Morgan fingerprint density at radius 1 is 1.00 bits per heavy atom. The highest BCUT2D eigenvalue weighted by atomic mass is 16.3. The van der Waals surface area contributed by atoms with Crippen molar-refractivity contribution < 1.29 is 14.7 Å². The van der Waals surface area contributed by atoms with Gasteiger partial charge in [-0.05, 0) is 0 Å². The van der Waals surface area contributed by atoms with Gasteiger partial charge in [0.2, 0.25) is 0 Å². The van der Waals surface area contributed by atoms with Crippen molar-refractivity contribution >= 4 is 11.8 Å². The highest BCUT2D eigenvalue weighted by Gasteiger charge is 2.34. The van der Waals surface area contributed by atoms with Crippen LogP contribution in [-0.2, 0) is 9.59 Å². The molecule has 0 atom stereocenters. The molecule has 96 valence electrons. The lowest BCUT2D eigenvalue weighted by Crippen LogP contribution is -2.32. The Bertz CT molecular complexity index is 300. The number of aliphatic hydroxyl groups excluding tert-OH is 1. The molecule has 0 aromatic rings. The zero-order valence-corrected chi connectivity index (χ0v) is 11.0. The highest BCUT2D eigenvalue weighted by molar-refractivity contribution is 6.21. The second kappa shape index (κ2) is 9.54. The first kappa shape index (κ1) is 17.7. The number of carbonyl (C=O) groups is 2. The van der Waals surface area contributed by atoms with Crippen LogP contribution < -0.4 is 0 Å². The Balaban J connectivity index is 0. The van der Waals surface area contributed by atoms with E-state index < -0.39 is 18.5 Å². The number of rotatable bonds is 3. The summed E-state index contributed by atoms with van der Waals surface area (Å²) in [5, 5.41) is 8.72. The second-order valence-corrected chi connectivity index (χ2v) is 2.42. The van der Waals surface area contributed by atoms with Crippen molar-refractivity contribution in [3.8, 4) is 0 Å². The monoisotopic (exact) mass is 239 g/mol. The summed E-state index contributed by atoms with van der Waals surface area (Å²) >= 11 is 0. The highest BCUT2D eigenvalue weighted by Crippen LogP contribution is 2.21. The van der Waals surface area contributed by atoms with Crippen molar-refractivity contribution in [3.63, 3.8) is 0 Å². The van der Waals surface area contributed by atoms with Gasteiger partial charge in [0.1, 0.15) is 6.73 Å². The van der Waals surface area contributed by atoms with Crippen molar-refractivity contribution in [2.45, 2.75) is 27.7 Å².